The molecule has 0 heterocycles. The molecule has 0 aliphatic rings. The van der Waals surface area contributed by atoms with E-state index in [4.69, 9.17) is 51.1 Å². The van der Waals surface area contributed by atoms with Crippen LogP contribution >= 0.6 is 46.4 Å². The monoisotopic (exact) mass is 363 g/mol. The molecule has 0 saturated heterocycles. The van der Waals surface area contributed by atoms with E-state index in [2.05, 4.69) is 5.32 Å². The third-order valence-corrected chi connectivity index (χ3v) is 4.10. The molecule has 0 spiro atoms. The zero-order chi connectivity index (χ0) is 15.4. The largest absolute Gasteiger partial charge is 0.487 e. The van der Waals surface area contributed by atoms with Gasteiger partial charge in [0.05, 0.1) is 32.3 Å². The van der Waals surface area contributed by atoms with E-state index in [-0.39, 0.29) is 6.10 Å². The second-order valence-corrected chi connectivity index (χ2v) is 6.11. The van der Waals surface area contributed by atoms with E-state index in [0.29, 0.717) is 38.1 Å². The van der Waals surface area contributed by atoms with Crippen LogP contribution in [0.4, 0.5) is 5.69 Å². The lowest BCUT2D eigenvalue weighted by molar-refractivity contribution is 0.235. The first-order valence-electron chi connectivity index (χ1n) is 6.27. The number of ether oxygens (including phenoxy) is 1. The number of nitrogens with one attached hydrogen (secondary N) is 1. The van der Waals surface area contributed by atoms with Gasteiger partial charge in [0, 0.05) is 0 Å². The fourth-order valence-electron chi connectivity index (χ4n) is 1.71. The first kappa shape index (κ1) is 16.6. The number of anilines is 1. The molecule has 0 bridgehead atoms. The standard InChI is InChI=1S/C15H13Cl4NO/c1-9(21-15-5-3-2-4-10(15)16)8-20-14-7-12(18)11(17)6-13(14)19/h2-7,9,20H,8H2,1H3. The van der Waals surface area contributed by atoms with Crippen molar-refractivity contribution in [3.05, 3.63) is 56.5 Å². The summed E-state index contributed by atoms with van der Waals surface area (Å²) in [7, 11) is 0. The lowest BCUT2D eigenvalue weighted by Crippen LogP contribution is -2.22. The van der Waals surface area contributed by atoms with Gasteiger partial charge in [-0.25, -0.2) is 0 Å². The predicted octanol–water partition coefficient (Wildman–Crippen LogP) is 6.18. The molecule has 2 rings (SSSR count). The van der Waals surface area contributed by atoms with E-state index in [1.54, 1.807) is 18.2 Å². The van der Waals surface area contributed by atoms with E-state index >= 15 is 0 Å². The summed E-state index contributed by atoms with van der Waals surface area (Å²) in [5, 5.41) is 5.14. The summed E-state index contributed by atoms with van der Waals surface area (Å²) in [6.45, 7) is 2.48. The Kier molecular flexibility index (Phi) is 5.88. The molecule has 21 heavy (non-hydrogen) atoms. The molecule has 0 saturated carbocycles. The molecule has 1 atom stereocenters. The molecule has 0 aliphatic carbocycles. The van der Waals surface area contributed by atoms with E-state index < -0.39 is 0 Å². The number of hydrogen-bond acceptors (Lipinski definition) is 2. The van der Waals surface area contributed by atoms with Crippen LogP contribution in [0, 0.1) is 0 Å². The number of rotatable bonds is 5. The minimum Gasteiger partial charge on any atom is -0.487 e. The van der Waals surface area contributed by atoms with Gasteiger partial charge in [0.2, 0.25) is 0 Å². The molecule has 1 N–H and O–H groups in total. The van der Waals surface area contributed by atoms with Gasteiger partial charge < -0.3 is 10.1 Å². The third-order valence-electron chi connectivity index (χ3n) is 2.75. The van der Waals surface area contributed by atoms with Crippen LogP contribution in [-0.2, 0) is 0 Å². The van der Waals surface area contributed by atoms with E-state index in [1.807, 2.05) is 25.1 Å². The smallest absolute Gasteiger partial charge is 0.138 e. The van der Waals surface area contributed by atoms with Gasteiger partial charge in [0.25, 0.3) is 0 Å². The van der Waals surface area contributed by atoms with Gasteiger partial charge in [0.15, 0.2) is 0 Å². The maximum Gasteiger partial charge on any atom is 0.138 e. The Morgan fingerprint density at radius 1 is 0.952 bits per heavy atom. The lowest BCUT2D eigenvalue weighted by Gasteiger charge is -2.17. The topological polar surface area (TPSA) is 21.3 Å². The van der Waals surface area contributed by atoms with Crippen molar-refractivity contribution in [2.24, 2.45) is 0 Å². The van der Waals surface area contributed by atoms with E-state index in [9.17, 15) is 0 Å². The van der Waals surface area contributed by atoms with Crippen molar-refractivity contribution in [1.29, 1.82) is 0 Å². The summed E-state index contributed by atoms with van der Waals surface area (Å²) in [4.78, 5) is 0. The van der Waals surface area contributed by atoms with Crippen molar-refractivity contribution in [2.45, 2.75) is 13.0 Å². The van der Waals surface area contributed by atoms with E-state index in [0.717, 1.165) is 0 Å². The molecule has 0 radical (unpaired) electrons. The molecular formula is C15H13Cl4NO. The van der Waals surface area contributed by atoms with Crippen molar-refractivity contribution in [2.75, 3.05) is 11.9 Å². The minimum absolute atomic E-state index is 0.101. The highest BCUT2D eigenvalue weighted by Crippen LogP contribution is 2.32. The van der Waals surface area contributed by atoms with Crippen molar-refractivity contribution in [3.8, 4) is 5.75 Å². The molecule has 0 fully saturated rings. The normalized spacial score (nSPS) is 12.0. The maximum absolute atomic E-state index is 6.10. The average Bonchev–Trinajstić information content (AvgIpc) is 2.44. The second kappa shape index (κ2) is 7.46. The van der Waals surface area contributed by atoms with Gasteiger partial charge >= 0.3 is 0 Å². The molecular weight excluding hydrogens is 352 g/mol. The molecule has 0 aromatic heterocycles. The van der Waals surface area contributed by atoms with Crippen LogP contribution in [0.25, 0.3) is 0 Å². The third kappa shape index (κ3) is 4.58. The maximum atomic E-state index is 6.10. The Morgan fingerprint density at radius 2 is 1.62 bits per heavy atom. The second-order valence-electron chi connectivity index (χ2n) is 4.49. The first-order chi connectivity index (χ1) is 9.97. The quantitative estimate of drug-likeness (QED) is 0.639. The Labute approximate surface area is 143 Å². The molecule has 0 aliphatic heterocycles. The highest BCUT2D eigenvalue weighted by molar-refractivity contribution is 6.44. The average molecular weight is 365 g/mol. The summed E-state index contributed by atoms with van der Waals surface area (Å²) in [5.74, 6) is 0.647. The van der Waals surface area contributed by atoms with Gasteiger partial charge in [-0.05, 0) is 31.2 Å². The zero-order valence-corrected chi connectivity index (χ0v) is 14.2. The van der Waals surface area contributed by atoms with Crippen LogP contribution < -0.4 is 10.1 Å². The first-order valence-corrected chi connectivity index (χ1v) is 7.78. The van der Waals surface area contributed by atoms with Crippen LogP contribution in [0.2, 0.25) is 20.1 Å². The molecule has 2 aromatic carbocycles. The zero-order valence-electron chi connectivity index (χ0n) is 11.2. The fraction of sp³-hybridized carbons (Fsp3) is 0.200. The van der Waals surface area contributed by atoms with Gasteiger partial charge in [-0.2, -0.15) is 0 Å². The molecule has 6 heteroatoms. The van der Waals surface area contributed by atoms with Crippen molar-refractivity contribution < 1.29 is 4.74 Å². The summed E-state index contributed by atoms with van der Waals surface area (Å²) in [5.41, 5.74) is 0.709. The number of hydrogen-bond donors (Lipinski definition) is 1. The highest BCUT2D eigenvalue weighted by atomic mass is 35.5. The van der Waals surface area contributed by atoms with Gasteiger partial charge in [0.1, 0.15) is 11.9 Å². The predicted molar refractivity (Wildman–Crippen MR) is 91.5 cm³/mol. The summed E-state index contributed by atoms with van der Waals surface area (Å²) in [6, 6.07) is 10.6. The Hall–Kier alpha value is -0.800. The lowest BCUT2D eigenvalue weighted by atomic mass is 10.3. The van der Waals surface area contributed by atoms with Crippen LogP contribution in [-0.4, -0.2) is 12.6 Å². The van der Waals surface area contributed by atoms with Crippen LogP contribution in [0.5, 0.6) is 5.75 Å². The summed E-state index contributed by atoms with van der Waals surface area (Å²) >= 11 is 24.0. The van der Waals surface area contributed by atoms with E-state index in [1.165, 1.54) is 0 Å². The number of benzene rings is 2. The Morgan fingerprint density at radius 3 is 2.33 bits per heavy atom. The van der Waals surface area contributed by atoms with Crippen LogP contribution in [0.1, 0.15) is 6.92 Å². The number of halogens is 4. The van der Waals surface area contributed by atoms with Crippen molar-refractivity contribution in [3.63, 3.8) is 0 Å². The SMILES string of the molecule is CC(CNc1cc(Cl)c(Cl)cc1Cl)Oc1ccccc1Cl. The summed E-state index contributed by atoms with van der Waals surface area (Å²) < 4.78 is 5.76. The molecule has 0 amide bonds. The Bertz CT molecular complexity index is 633. The highest BCUT2D eigenvalue weighted by Gasteiger charge is 2.10. The van der Waals surface area contributed by atoms with Gasteiger partial charge in [-0.3, -0.25) is 0 Å². The van der Waals surface area contributed by atoms with Crippen molar-refractivity contribution in [1.82, 2.24) is 0 Å². The fourth-order valence-corrected chi connectivity index (χ4v) is 2.50. The minimum atomic E-state index is -0.101. The number of para-hydroxylation sites is 1. The molecule has 2 nitrogen and oxygen atoms in total. The van der Waals surface area contributed by atoms with Crippen molar-refractivity contribution >= 4 is 52.1 Å². The summed E-state index contributed by atoms with van der Waals surface area (Å²) in [6.07, 6.45) is -0.101. The molecule has 112 valence electrons. The van der Waals surface area contributed by atoms with Crippen LogP contribution in [0.3, 0.4) is 0 Å². The van der Waals surface area contributed by atoms with Crippen LogP contribution in [0.15, 0.2) is 36.4 Å². The Balaban J connectivity index is 1.97. The van der Waals surface area contributed by atoms with Gasteiger partial charge in [-0.15, -0.1) is 0 Å². The molecule has 2 aromatic rings. The molecule has 1 unspecified atom stereocenters. The van der Waals surface area contributed by atoms with Gasteiger partial charge in [-0.1, -0.05) is 58.5 Å².